The highest BCUT2D eigenvalue weighted by atomic mass is 16.7. The lowest BCUT2D eigenvalue weighted by Crippen LogP contribution is -2.67. The molecule has 262 valence electrons. The molecular formula is C37H60O9. The number of rotatable bonds is 4. The van der Waals surface area contributed by atoms with Crippen molar-refractivity contribution in [3.05, 3.63) is 11.6 Å². The molecule has 6 rings (SSSR count). The van der Waals surface area contributed by atoms with E-state index in [2.05, 4.69) is 54.5 Å². The van der Waals surface area contributed by atoms with Gasteiger partial charge in [0.1, 0.15) is 18.3 Å². The van der Waals surface area contributed by atoms with Crippen LogP contribution in [0.15, 0.2) is 11.6 Å². The second-order valence-corrected chi connectivity index (χ2v) is 18.2. The molecule has 6 aliphatic rings. The summed E-state index contributed by atoms with van der Waals surface area (Å²) in [4.78, 5) is 12.3. The number of aliphatic hydroxyl groups is 5. The SMILES string of the molecule is COC(=O)[C@H]1O[C@@H](O[C@H]2CC[C@@]3(C)C(CC[C@]4(C)C3CC=C3C5CC(C)(C)[C@H](O)C[C@]5(C)CC[C@]34C)[C@@]2(C)CO)[C@H](O)[C@@H](O)[C@@H]1O. The zero-order chi connectivity index (χ0) is 33.8. The van der Waals surface area contributed by atoms with E-state index in [1.807, 2.05) is 0 Å². The maximum Gasteiger partial charge on any atom is 0.337 e. The average Bonchev–Trinajstić information content (AvgIpc) is 3.00. The fraction of sp³-hybridized carbons (Fsp3) is 0.919. The van der Waals surface area contributed by atoms with E-state index in [0.717, 1.165) is 51.4 Å². The average molecular weight is 649 g/mol. The number of aliphatic hydroxyl groups excluding tert-OH is 5. The molecule has 15 atom stereocenters. The molecule has 5 N–H and O–H groups in total. The molecule has 0 aromatic heterocycles. The van der Waals surface area contributed by atoms with Crippen molar-refractivity contribution in [2.24, 2.45) is 50.2 Å². The Morgan fingerprint density at radius 1 is 0.891 bits per heavy atom. The molecule has 5 aliphatic carbocycles. The van der Waals surface area contributed by atoms with Gasteiger partial charge in [-0.15, -0.1) is 0 Å². The van der Waals surface area contributed by atoms with Crippen LogP contribution in [0.4, 0.5) is 0 Å². The Labute approximate surface area is 275 Å². The van der Waals surface area contributed by atoms with Crippen LogP contribution in [0.25, 0.3) is 0 Å². The van der Waals surface area contributed by atoms with Crippen LogP contribution >= 0.6 is 0 Å². The number of hydrogen-bond donors (Lipinski definition) is 5. The molecule has 0 aromatic rings. The number of ether oxygens (including phenoxy) is 3. The number of fused-ring (bicyclic) bond motifs is 7. The van der Waals surface area contributed by atoms with Crippen molar-refractivity contribution < 1.29 is 44.5 Å². The van der Waals surface area contributed by atoms with Gasteiger partial charge in [0.15, 0.2) is 12.4 Å². The summed E-state index contributed by atoms with van der Waals surface area (Å²) in [5.41, 5.74) is 1.09. The predicted octanol–water partition coefficient (Wildman–Crippen LogP) is 4.12. The molecule has 5 fully saturated rings. The summed E-state index contributed by atoms with van der Waals surface area (Å²) in [5.74, 6) is 0.187. The van der Waals surface area contributed by atoms with Gasteiger partial charge in [0.25, 0.3) is 0 Å². The van der Waals surface area contributed by atoms with Crippen molar-refractivity contribution in [2.45, 2.75) is 149 Å². The number of allylic oxidation sites excluding steroid dienone is 2. The standard InChI is InChI=1S/C37H60O9/c1-32(2)17-21-20-9-10-23-34(4)13-12-25(45-31-28(42)26(40)27(41)29(46-31)30(43)44-8)35(5,19-38)22(34)11-14-37(23,7)36(20,6)16-15-33(21,3)18-24(32)39/h9,21-29,31,38-42H,10-19H2,1-8H3/t21?,22?,23?,24-,25+,26+,27+,28-,29+,31-,33+,34+,35-,36-,37-/m1/s1. The summed E-state index contributed by atoms with van der Waals surface area (Å²) in [7, 11) is 1.17. The van der Waals surface area contributed by atoms with E-state index < -0.39 is 48.2 Å². The molecule has 3 unspecified atom stereocenters. The van der Waals surface area contributed by atoms with Gasteiger partial charge in [0.2, 0.25) is 0 Å². The van der Waals surface area contributed by atoms with Gasteiger partial charge in [-0.25, -0.2) is 4.79 Å². The maximum absolute atomic E-state index is 12.3. The van der Waals surface area contributed by atoms with E-state index in [4.69, 9.17) is 14.2 Å². The Balaban J connectivity index is 1.29. The van der Waals surface area contributed by atoms with Crippen molar-refractivity contribution in [3.63, 3.8) is 0 Å². The van der Waals surface area contributed by atoms with E-state index in [-0.39, 0.29) is 45.7 Å². The third-order valence-corrected chi connectivity index (χ3v) is 15.6. The summed E-state index contributed by atoms with van der Waals surface area (Å²) in [5, 5.41) is 53.9. The number of carbonyl (C=O) groups excluding carboxylic acids is 1. The summed E-state index contributed by atoms with van der Waals surface area (Å²) >= 11 is 0. The van der Waals surface area contributed by atoms with Gasteiger partial charge in [0.05, 0.1) is 25.9 Å². The molecule has 0 radical (unpaired) electrons. The summed E-state index contributed by atoms with van der Waals surface area (Å²) in [6, 6.07) is 0. The lowest BCUT2D eigenvalue weighted by atomic mass is 9.33. The van der Waals surface area contributed by atoms with Gasteiger partial charge < -0.3 is 39.7 Å². The van der Waals surface area contributed by atoms with Crippen LogP contribution in [-0.4, -0.2) is 88.1 Å². The molecule has 0 aromatic carbocycles. The normalized spacial score (nSPS) is 54.8. The van der Waals surface area contributed by atoms with E-state index >= 15 is 0 Å². The number of hydrogen-bond acceptors (Lipinski definition) is 9. The smallest absolute Gasteiger partial charge is 0.337 e. The third-order valence-electron chi connectivity index (χ3n) is 15.6. The first-order chi connectivity index (χ1) is 21.3. The summed E-state index contributed by atoms with van der Waals surface area (Å²) in [6.07, 6.45) is 2.78. The number of esters is 1. The zero-order valence-electron chi connectivity index (χ0n) is 29.3. The van der Waals surface area contributed by atoms with Gasteiger partial charge in [-0.3, -0.25) is 0 Å². The zero-order valence-corrected chi connectivity index (χ0v) is 29.3. The van der Waals surface area contributed by atoms with Crippen LogP contribution in [0.3, 0.4) is 0 Å². The quantitative estimate of drug-likeness (QED) is 0.173. The Hall–Kier alpha value is -1.07. The van der Waals surface area contributed by atoms with E-state index in [9.17, 15) is 30.3 Å². The first-order valence-electron chi connectivity index (χ1n) is 17.8. The first kappa shape index (κ1) is 34.8. The fourth-order valence-corrected chi connectivity index (χ4v) is 12.2. The van der Waals surface area contributed by atoms with E-state index in [1.165, 1.54) is 7.11 Å². The van der Waals surface area contributed by atoms with Crippen LogP contribution in [0.5, 0.6) is 0 Å². The summed E-state index contributed by atoms with van der Waals surface area (Å²) < 4.78 is 16.9. The van der Waals surface area contributed by atoms with E-state index in [0.29, 0.717) is 18.3 Å². The highest BCUT2D eigenvalue weighted by molar-refractivity contribution is 5.75. The van der Waals surface area contributed by atoms with Crippen LogP contribution in [0, 0.1) is 50.2 Å². The molecule has 9 heteroatoms. The molecule has 0 spiro atoms. The minimum atomic E-state index is -1.65. The van der Waals surface area contributed by atoms with Crippen LogP contribution in [-0.2, 0) is 19.0 Å². The van der Waals surface area contributed by atoms with Crippen LogP contribution < -0.4 is 0 Å². The number of methoxy groups -OCH3 is 1. The Kier molecular flexibility index (Phi) is 8.49. The van der Waals surface area contributed by atoms with E-state index in [1.54, 1.807) is 5.57 Å². The Bertz CT molecular complexity index is 1240. The summed E-state index contributed by atoms with van der Waals surface area (Å²) in [6.45, 7) is 16.4. The topological polar surface area (TPSA) is 146 Å². The molecule has 0 bridgehead atoms. The lowest BCUT2D eigenvalue weighted by Gasteiger charge is -2.71. The lowest BCUT2D eigenvalue weighted by molar-refractivity contribution is -0.327. The monoisotopic (exact) mass is 648 g/mol. The van der Waals surface area contributed by atoms with Crippen molar-refractivity contribution in [3.8, 4) is 0 Å². The minimum Gasteiger partial charge on any atom is -0.467 e. The molecule has 1 saturated heterocycles. The molecule has 1 aliphatic heterocycles. The van der Waals surface area contributed by atoms with Gasteiger partial charge >= 0.3 is 5.97 Å². The van der Waals surface area contributed by atoms with Crippen molar-refractivity contribution >= 4 is 5.97 Å². The predicted molar refractivity (Wildman–Crippen MR) is 171 cm³/mol. The van der Waals surface area contributed by atoms with Gasteiger partial charge in [-0.1, -0.05) is 60.1 Å². The largest absolute Gasteiger partial charge is 0.467 e. The molecule has 0 amide bonds. The second-order valence-electron chi connectivity index (χ2n) is 18.2. The molecule has 4 saturated carbocycles. The van der Waals surface area contributed by atoms with Crippen molar-refractivity contribution in [2.75, 3.05) is 13.7 Å². The third kappa shape index (κ3) is 4.68. The Morgan fingerprint density at radius 3 is 2.24 bits per heavy atom. The van der Waals surface area contributed by atoms with Crippen molar-refractivity contribution in [1.29, 1.82) is 0 Å². The number of carbonyl (C=O) groups is 1. The Morgan fingerprint density at radius 2 is 1.59 bits per heavy atom. The first-order valence-corrected chi connectivity index (χ1v) is 17.8. The molecule has 9 nitrogen and oxygen atoms in total. The molecular weight excluding hydrogens is 588 g/mol. The van der Waals surface area contributed by atoms with Crippen molar-refractivity contribution in [1.82, 2.24) is 0 Å². The fourth-order valence-electron chi connectivity index (χ4n) is 12.2. The van der Waals surface area contributed by atoms with Crippen LogP contribution in [0.1, 0.15) is 106 Å². The highest BCUT2D eigenvalue weighted by Crippen LogP contribution is 2.75. The molecule has 46 heavy (non-hydrogen) atoms. The highest BCUT2D eigenvalue weighted by Gasteiger charge is 2.69. The molecule has 1 heterocycles. The minimum absolute atomic E-state index is 0.0611. The maximum atomic E-state index is 12.3. The van der Waals surface area contributed by atoms with Gasteiger partial charge in [0, 0.05) is 5.41 Å². The van der Waals surface area contributed by atoms with Crippen LogP contribution in [0.2, 0.25) is 0 Å². The van der Waals surface area contributed by atoms with Gasteiger partial charge in [-0.05, 0) is 103 Å². The second kappa shape index (κ2) is 11.2. The van der Waals surface area contributed by atoms with Gasteiger partial charge in [-0.2, -0.15) is 0 Å².